The van der Waals surface area contributed by atoms with Crippen molar-refractivity contribution in [3.63, 3.8) is 0 Å². The van der Waals surface area contributed by atoms with Crippen molar-refractivity contribution < 1.29 is 13.2 Å². The van der Waals surface area contributed by atoms with Crippen molar-refractivity contribution in [1.29, 1.82) is 0 Å². The molecule has 0 bridgehead atoms. The lowest BCUT2D eigenvalue weighted by Gasteiger charge is -2.34. The van der Waals surface area contributed by atoms with Crippen molar-refractivity contribution in [2.75, 3.05) is 31.5 Å². The van der Waals surface area contributed by atoms with E-state index in [1.165, 1.54) is 5.56 Å². The Bertz CT molecular complexity index is 1300. The molecule has 3 aromatic rings. The summed E-state index contributed by atoms with van der Waals surface area (Å²) in [6, 6.07) is 18.8. The lowest BCUT2D eigenvalue weighted by molar-refractivity contribution is 0.102. The number of nitrogens with zero attached hydrogens (tertiary/aromatic N) is 2. The van der Waals surface area contributed by atoms with Crippen LogP contribution in [0.2, 0.25) is 0 Å². The van der Waals surface area contributed by atoms with Crippen LogP contribution in [0, 0.1) is 27.7 Å². The molecule has 0 spiro atoms. The molecule has 1 heterocycles. The van der Waals surface area contributed by atoms with Gasteiger partial charge in [-0.1, -0.05) is 47.5 Å². The minimum atomic E-state index is -3.48. The molecular weight excluding hydrogens is 458 g/mol. The highest BCUT2D eigenvalue weighted by atomic mass is 32.2. The van der Waals surface area contributed by atoms with Crippen LogP contribution < -0.4 is 5.32 Å². The average Bonchev–Trinajstić information content (AvgIpc) is 2.82. The van der Waals surface area contributed by atoms with E-state index in [0.717, 1.165) is 27.9 Å². The Morgan fingerprint density at radius 3 is 2.09 bits per heavy atom. The summed E-state index contributed by atoms with van der Waals surface area (Å²) < 4.78 is 27.5. The van der Waals surface area contributed by atoms with E-state index < -0.39 is 10.0 Å². The normalized spacial score (nSPS) is 15.2. The zero-order chi connectivity index (χ0) is 25.2. The number of aryl methyl sites for hydroxylation is 4. The number of hydrogen-bond donors (Lipinski definition) is 1. The van der Waals surface area contributed by atoms with Crippen LogP contribution in [-0.4, -0.2) is 49.7 Å². The Morgan fingerprint density at radius 2 is 1.46 bits per heavy atom. The molecule has 7 heteroatoms. The molecule has 35 heavy (non-hydrogen) atoms. The standard InChI is InChI=1S/C28H33N3O3S/c1-20-8-10-26(11-9-20)35(33,34)31-14-12-30(13-15-31)19-24-6-5-7-25(18-24)28(32)29-27-22(3)16-21(2)17-23(27)4/h5-11,16-18H,12-15,19H2,1-4H3,(H,29,32). The summed E-state index contributed by atoms with van der Waals surface area (Å²) in [6.07, 6.45) is 0. The molecule has 0 aromatic heterocycles. The van der Waals surface area contributed by atoms with Crippen molar-refractivity contribution >= 4 is 21.6 Å². The van der Waals surface area contributed by atoms with Crippen molar-refractivity contribution in [1.82, 2.24) is 9.21 Å². The number of piperazine rings is 1. The van der Waals surface area contributed by atoms with Gasteiger partial charge in [-0.25, -0.2) is 8.42 Å². The van der Waals surface area contributed by atoms with Crippen molar-refractivity contribution in [2.45, 2.75) is 39.1 Å². The van der Waals surface area contributed by atoms with Gasteiger partial charge in [0.1, 0.15) is 0 Å². The summed E-state index contributed by atoms with van der Waals surface area (Å²) in [5, 5.41) is 3.07. The fraction of sp³-hybridized carbons (Fsp3) is 0.321. The van der Waals surface area contributed by atoms with E-state index in [2.05, 4.69) is 22.3 Å². The third-order valence-electron chi connectivity index (χ3n) is 6.50. The highest BCUT2D eigenvalue weighted by Gasteiger charge is 2.28. The van der Waals surface area contributed by atoms with Gasteiger partial charge in [-0.3, -0.25) is 9.69 Å². The number of benzene rings is 3. The summed E-state index contributed by atoms with van der Waals surface area (Å²) >= 11 is 0. The molecule has 0 unspecified atom stereocenters. The van der Waals surface area contributed by atoms with Gasteiger partial charge in [0, 0.05) is 44.0 Å². The third kappa shape index (κ3) is 5.81. The third-order valence-corrected chi connectivity index (χ3v) is 8.41. The first-order chi connectivity index (χ1) is 16.6. The first kappa shape index (κ1) is 25.1. The second-order valence-electron chi connectivity index (χ2n) is 9.42. The van der Waals surface area contributed by atoms with E-state index in [1.54, 1.807) is 16.4 Å². The van der Waals surface area contributed by atoms with Gasteiger partial charge in [0.2, 0.25) is 10.0 Å². The first-order valence-corrected chi connectivity index (χ1v) is 13.3. The van der Waals surface area contributed by atoms with E-state index in [0.29, 0.717) is 43.2 Å². The number of amides is 1. The van der Waals surface area contributed by atoms with E-state index in [4.69, 9.17) is 0 Å². The van der Waals surface area contributed by atoms with E-state index >= 15 is 0 Å². The van der Waals surface area contributed by atoms with Crippen LogP contribution in [0.1, 0.15) is 38.2 Å². The smallest absolute Gasteiger partial charge is 0.255 e. The summed E-state index contributed by atoms with van der Waals surface area (Å²) in [6.45, 7) is 10.8. The van der Waals surface area contributed by atoms with Crippen molar-refractivity contribution in [3.05, 3.63) is 94.0 Å². The van der Waals surface area contributed by atoms with Crippen molar-refractivity contribution in [3.8, 4) is 0 Å². The lowest BCUT2D eigenvalue weighted by Crippen LogP contribution is -2.48. The van der Waals surface area contributed by atoms with Gasteiger partial charge in [0.25, 0.3) is 5.91 Å². The fourth-order valence-electron chi connectivity index (χ4n) is 4.62. The average molecular weight is 492 g/mol. The molecule has 4 rings (SSSR count). The number of nitrogens with one attached hydrogen (secondary N) is 1. The zero-order valence-electron chi connectivity index (χ0n) is 20.8. The molecule has 1 fully saturated rings. The topological polar surface area (TPSA) is 69.7 Å². The number of hydrogen-bond acceptors (Lipinski definition) is 4. The zero-order valence-corrected chi connectivity index (χ0v) is 21.7. The van der Waals surface area contributed by atoms with Gasteiger partial charge in [0.05, 0.1) is 4.90 Å². The molecule has 1 saturated heterocycles. The Kier molecular flexibility index (Phi) is 7.40. The van der Waals surface area contributed by atoms with Crippen LogP contribution in [0.5, 0.6) is 0 Å². The highest BCUT2D eigenvalue weighted by molar-refractivity contribution is 7.89. The molecule has 6 nitrogen and oxygen atoms in total. The molecule has 1 aliphatic heterocycles. The van der Waals surface area contributed by atoms with E-state index in [9.17, 15) is 13.2 Å². The summed E-state index contributed by atoms with van der Waals surface area (Å²) in [5.74, 6) is -0.129. The molecule has 0 atom stereocenters. The molecule has 184 valence electrons. The predicted molar refractivity (Wildman–Crippen MR) is 140 cm³/mol. The number of anilines is 1. The fourth-order valence-corrected chi connectivity index (χ4v) is 6.04. The number of rotatable bonds is 6. The Balaban J connectivity index is 1.38. The van der Waals surface area contributed by atoms with Gasteiger partial charge in [-0.05, 0) is 68.7 Å². The van der Waals surface area contributed by atoms with E-state index in [1.807, 2.05) is 64.1 Å². The predicted octanol–water partition coefficient (Wildman–Crippen LogP) is 4.68. The van der Waals surface area contributed by atoms with Crippen molar-refractivity contribution in [2.24, 2.45) is 0 Å². The molecule has 1 amide bonds. The van der Waals surface area contributed by atoms with Gasteiger partial charge >= 0.3 is 0 Å². The van der Waals surface area contributed by atoms with Crippen LogP contribution in [0.15, 0.2) is 65.6 Å². The molecule has 0 aliphatic carbocycles. The monoisotopic (exact) mass is 491 g/mol. The quantitative estimate of drug-likeness (QED) is 0.544. The molecule has 3 aromatic carbocycles. The molecule has 1 N–H and O–H groups in total. The Hall–Kier alpha value is -3.00. The van der Waals surface area contributed by atoms with Crippen LogP contribution in [0.3, 0.4) is 0 Å². The van der Waals surface area contributed by atoms with Crippen LogP contribution in [-0.2, 0) is 16.6 Å². The number of carbonyl (C=O) groups excluding carboxylic acids is 1. The van der Waals surface area contributed by atoms with Gasteiger partial charge < -0.3 is 5.32 Å². The minimum absolute atomic E-state index is 0.129. The molecule has 0 radical (unpaired) electrons. The van der Waals surface area contributed by atoms with Crippen LogP contribution >= 0.6 is 0 Å². The Labute approximate surface area is 208 Å². The van der Waals surface area contributed by atoms with E-state index in [-0.39, 0.29) is 5.91 Å². The summed E-state index contributed by atoms with van der Waals surface area (Å²) in [5.41, 5.74) is 6.81. The maximum Gasteiger partial charge on any atom is 0.255 e. The maximum absolute atomic E-state index is 13.0. The van der Waals surface area contributed by atoms with Crippen LogP contribution in [0.25, 0.3) is 0 Å². The first-order valence-electron chi connectivity index (χ1n) is 11.9. The summed E-state index contributed by atoms with van der Waals surface area (Å²) in [7, 11) is -3.48. The maximum atomic E-state index is 13.0. The Morgan fingerprint density at radius 1 is 0.829 bits per heavy atom. The van der Waals surface area contributed by atoms with Gasteiger partial charge in [-0.2, -0.15) is 4.31 Å². The minimum Gasteiger partial charge on any atom is -0.322 e. The number of carbonyl (C=O) groups is 1. The summed E-state index contributed by atoms with van der Waals surface area (Å²) in [4.78, 5) is 15.5. The van der Waals surface area contributed by atoms with Crippen LogP contribution in [0.4, 0.5) is 5.69 Å². The van der Waals surface area contributed by atoms with Gasteiger partial charge in [0.15, 0.2) is 0 Å². The highest BCUT2D eigenvalue weighted by Crippen LogP contribution is 2.23. The molecule has 0 saturated carbocycles. The largest absolute Gasteiger partial charge is 0.322 e. The SMILES string of the molecule is Cc1ccc(S(=O)(=O)N2CCN(Cc3cccc(C(=O)Nc4c(C)cc(C)cc4C)c3)CC2)cc1. The number of sulfonamides is 1. The lowest BCUT2D eigenvalue weighted by atomic mass is 10.0. The molecule has 1 aliphatic rings. The second-order valence-corrected chi connectivity index (χ2v) is 11.4. The second kappa shape index (κ2) is 10.3. The molecular formula is C28H33N3O3S. The van der Waals surface area contributed by atoms with Gasteiger partial charge in [-0.15, -0.1) is 0 Å².